The van der Waals surface area contributed by atoms with Crippen molar-refractivity contribution >= 4 is 0 Å². The zero-order chi connectivity index (χ0) is 10.9. The molecular weight excluding hydrogens is 194 g/mol. The summed E-state index contributed by atoms with van der Waals surface area (Å²) in [6, 6.07) is 4.36. The number of hydrogen-bond acceptors (Lipinski definition) is 4. The van der Waals surface area contributed by atoms with E-state index in [0.29, 0.717) is 24.9 Å². The zero-order valence-corrected chi connectivity index (χ0v) is 8.40. The Bertz CT molecular complexity index is 359. The van der Waals surface area contributed by atoms with Crippen molar-refractivity contribution in [1.29, 1.82) is 0 Å². The second kappa shape index (κ2) is 3.72. The van der Waals surface area contributed by atoms with Gasteiger partial charge in [-0.05, 0) is 31.2 Å². The quantitative estimate of drug-likeness (QED) is 0.531. The summed E-state index contributed by atoms with van der Waals surface area (Å²) in [5, 5.41) is 32.0. The molecule has 1 aromatic rings. The Hall–Kier alpha value is -1.26. The summed E-state index contributed by atoms with van der Waals surface area (Å²) in [4.78, 5) is 0. The van der Waals surface area contributed by atoms with Crippen LogP contribution < -0.4 is 5.32 Å². The highest BCUT2D eigenvalue weighted by Gasteiger charge is 2.31. The third-order valence-electron chi connectivity index (χ3n) is 2.80. The Morgan fingerprint density at radius 2 is 2.13 bits per heavy atom. The molecule has 0 amide bonds. The fourth-order valence-corrected chi connectivity index (χ4v) is 1.95. The molecule has 1 unspecified atom stereocenters. The number of β-amino-alcohol motifs (C(OH)–C–C–N with tert-alkyl or cyclic N) is 1. The minimum absolute atomic E-state index is 0.109. The van der Waals surface area contributed by atoms with Crippen LogP contribution in [0.3, 0.4) is 0 Å². The van der Waals surface area contributed by atoms with E-state index in [-0.39, 0.29) is 11.5 Å². The summed E-state index contributed by atoms with van der Waals surface area (Å²) in [5.41, 5.74) is -0.216. The number of hydrogen-bond donors (Lipinski definition) is 4. The second-order valence-corrected chi connectivity index (χ2v) is 4.14. The first-order chi connectivity index (χ1) is 7.09. The molecule has 0 spiro atoms. The summed E-state index contributed by atoms with van der Waals surface area (Å²) >= 11 is 0. The van der Waals surface area contributed by atoms with Crippen LogP contribution in [0.2, 0.25) is 0 Å². The van der Waals surface area contributed by atoms with Crippen LogP contribution in [0.1, 0.15) is 12.0 Å². The van der Waals surface area contributed by atoms with Crippen LogP contribution in [-0.4, -0.2) is 34.0 Å². The van der Waals surface area contributed by atoms with Crippen LogP contribution >= 0.6 is 0 Å². The fraction of sp³-hybridized carbons (Fsp3) is 0.455. The van der Waals surface area contributed by atoms with E-state index in [1.165, 1.54) is 18.2 Å². The Morgan fingerprint density at radius 3 is 2.80 bits per heavy atom. The summed E-state index contributed by atoms with van der Waals surface area (Å²) < 4.78 is 0. The van der Waals surface area contributed by atoms with Crippen molar-refractivity contribution in [2.45, 2.75) is 18.4 Å². The number of nitrogens with one attached hydrogen (secondary N) is 1. The van der Waals surface area contributed by atoms with Gasteiger partial charge >= 0.3 is 0 Å². The molecule has 4 nitrogen and oxygen atoms in total. The summed E-state index contributed by atoms with van der Waals surface area (Å²) in [6.45, 7) is 1.32. The van der Waals surface area contributed by atoms with Gasteiger partial charge < -0.3 is 20.6 Å². The predicted octanol–water partition coefficient (Wildman–Crippen LogP) is 0.365. The van der Waals surface area contributed by atoms with Crippen LogP contribution in [-0.2, 0) is 6.42 Å². The Labute approximate surface area is 88.2 Å². The molecule has 1 atom stereocenters. The third kappa shape index (κ3) is 2.22. The van der Waals surface area contributed by atoms with Gasteiger partial charge in [0.15, 0.2) is 0 Å². The monoisotopic (exact) mass is 209 g/mol. The highest BCUT2D eigenvalue weighted by atomic mass is 16.3. The molecule has 2 rings (SSSR count). The lowest BCUT2D eigenvalue weighted by molar-refractivity contribution is 0.0612. The number of phenols is 2. The lowest BCUT2D eigenvalue weighted by atomic mass is 9.93. The maximum atomic E-state index is 10.1. The number of benzene rings is 1. The van der Waals surface area contributed by atoms with Crippen molar-refractivity contribution in [1.82, 2.24) is 5.32 Å². The van der Waals surface area contributed by atoms with Gasteiger partial charge in [-0.25, -0.2) is 0 Å². The minimum atomic E-state index is -0.800. The summed E-state index contributed by atoms with van der Waals surface area (Å²) in [6.07, 6.45) is 1.03. The van der Waals surface area contributed by atoms with Crippen LogP contribution in [0.15, 0.2) is 18.2 Å². The number of rotatable bonds is 2. The van der Waals surface area contributed by atoms with E-state index < -0.39 is 5.60 Å². The maximum Gasteiger partial charge on any atom is 0.119 e. The molecular formula is C11H15NO3. The summed E-state index contributed by atoms with van der Waals surface area (Å²) in [5.74, 6) is 0.227. The fourth-order valence-electron chi connectivity index (χ4n) is 1.95. The van der Waals surface area contributed by atoms with Crippen molar-refractivity contribution in [2.24, 2.45) is 0 Å². The van der Waals surface area contributed by atoms with Gasteiger partial charge in [-0.2, -0.15) is 0 Å². The first-order valence-electron chi connectivity index (χ1n) is 5.03. The van der Waals surface area contributed by atoms with Crippen molar-refractivity contribution in [3.05, 3.63) is 23.8 Å². The minimum Gasteiger partial charge on any atom is -0.508 e. The largest absolute Gasteiger partial charge is 0.508 e. The molecule has 1 aliphatic rings. The molecule has 0 saturated carbocycles. The van der Waals surface area contributed by atoms with Gasteiger partial charge in [0.1, 0.15) is 11.5 Å². The Morgan fingerprint density at radius 1 is 1.33 bits per heavy atom. The number of phenolic OH excluding ortho intramolecular Hbond substituents is 2. The smallest absolute Gasteiger partial charge is 0.119 e. The van der Waals surface area contributed by atoms with Crippen molar-refractivity contribution in [3.8, 4) is 11.5 Å². The van der Waals surface area contributed by atoms with Gasteiger partial charge in [0.25, 0.3) is 0 Å². The molecule has 1 fully saturated rings. The van der Waals surface area contributed by atoms with E-state index in [1.54, 1.807) is 0 Å². The van der Waals surface area contributed by atoms with Crippen molar-refractivity contribution in [2.75, 3.05) is 13.1 Å². The Balaban J connectivity index is 2.19. The highest BCUT2D eigenvalue weighted by Crippen LogP contribution is 2.28. The van der Waals surface area contributed by atoms with Gasteiger partial charge in [0, 0.05) is 18.5 Å². The van der Waals surface area contributed by atoms with Gasteiger partial charge in [-0.15, -0.1) is 0 Å². The van der Waals surface area contributed by atoms with E-state index in [1.807, 2.05) is 0 Å². The maximum absolute atomic E-state index is 10.1. The molecule has 4 N–H and O–H groups in total. The molecule has 0 bridgehead atoms. The topological polar surface area (TPSA) is 72.7 Å². The molecule has 15 heavy (non-hydrogen) atoms. The average Bonchev–Trinajstić information content (AvgIpc) is 2.59. The van der Waals surface area contributed by atoms with Gasteiger partial charge in [-0.1, -0.05) is 0 Å². The first kappa shape index (κ1) is 10.3. The van der Waals surface area contributed by atoms with E-state index in [2.05, 4.69) is 5.32 Å². The SMILES string of the molecule is Oc1ccc(O)c(CC2(O)CCNC2)c1. The molecule has 4 heteroatoms. The molecule has 1 aromatic carbocycles. The number of aromatic hydroxyl groups is 2. The molecule has 0 aromatic heterocycles. The predicted molar refractivity (Wildman–Crippen MR) is 55.9 cm³/mol. The normalized spacial score (nSPS) is 25.7. The van der Waals surface area contributed by atoms with Crippen LogP contribution in [0.4, 0.5) is 0 Å². The Kier molecular flexibility index (Phi) is 2.54. The van der Waals surface area contributed by atoms with Crippen molar-refractivity contribution in [3.63, 3.8) is 0 Å². The van der Waals surface area contributed by atoms with Crippen LogP contribution in [0.25, 0.3) is 0 Å². The third-order valence-corrected chi connectivity index (χ3v) is 2.80. The standard InChI is InChI=1S/C11H15NO3/c13-9-1-2-10(14)8(5-9)6-11(15)3-4-12-7-11/h1-2,5,12-15H,3-4,6-7H2. The summed E-state index contributed by atoms with van der Waals surface area (Å²) in [7, 11) is 0. The number of aliphatic hydroxyl groups is 1. The molecule has 1 heterocycles. The highest BCUT2D eigenvalue weighted by molar-refractivity contribution is 5.39. The van der Waals surface area contributed by atoms with E-state index in [4.69, 9.17) is 0 Å². The van der Waals surface area contributed by atoms with Crippen LogP contribution in [0.5, 0.6) is 11.5 Å². The van der Waals surface area contributed by atoms with Crippen molar-refractivity contribution < 1.29 is 15.3 Å². The van der Waals surface area contributed by atoms with E-state index in [9.17, 15) is 15.3 Å². The van der Waals surface area contributed by atoms with E-state index in [0.717, 1.165) is 6.54 Å². The molecule has 82 valence electrons. The lowest BCUT2D eigenvalue weighted by Gasteiger charge is -2.21. The average molecular weight is 209 g/mol. The molecule has 0 aliphatic carbocycles. The van der Waals surface area contributed by atoms with Gasteiger partial charge in [0.05, 0.1) is 5.60 Å². The van der Waals surface area contributed by atoms with E-state index >= 15 is 0 Å². The van der Waals surface area contributed by atoms with Gasteiger partial charge in [-0.3, -0.25) is 0 Å². The molecule has 1 saturated heterocycles. The molecule has 1 aliphatic heterocycles. The zero-order valence-electron chi connectivity index (χ0n) is 8.40. The first-order valence-corrected chi connectivity index (χ1v) is 5.03. The van der Waals surface area contributed by atoms with Crippen LogP contribution in [0, 0.1) is 0 Å². The lowest BCUT2D eigenvalue weighted by Crippen LogP contribution is -2.33. The molecule has 0 radical (unpaired) electrons. The second-order valence-electron chi connectivity index (χ2n) is 4.14. The van der Waals surface area contributed by atoms with Gasteiger partial charge in [0.2, 0.25) is 0 Å².